The van der Waals surface area contributed by atoms with E-state index in [-0.39, 0.29) is 29.5 Å². The fourth-order valence-corrected chi connectivity index (χ4v) is 4.18. The SMILES string of the molecule is Cc1ccc(S(=O)(=O)NCc2ccco2)cc1C(=O)NC(C)c1cccc(OC(C)C)c1. The van der Waals surface area contributed by atoms with Gasteiger partial charge in [-0.3, -0.25) is 4.79 Å². The number of hydrogen-bond acceptors (Lipinski definition) is 5. The Morgan fingerprint density at radius 2 is 1.84 bits per heavy atom. The van der Waals surface area contributed by atoms with Crippen LogP contribution in [0, 0.1) is 6.92 Å². The van der Waals surface area contributed by atoms with Crippen LogP contribution in [0.15, 0.2) is 70.2 Å². The molecule has 0 fully saturated rings. The molecule has 2 aromatic carbocycles. The maximum atomic E-state index is 13.0. The van der Waals surface area contributed by atoms with E-state index in [9.17, 15) is 13.2 Å². The molecule has 170 valence electrons. The van der Waals surface area contributed by atoms with Crippen molar-refractivity contribution in [3.05, 3.63) is 83.3 Å². The summed E-state index contributed by atoms with van der Waals surface area (Å²) in [5.74, 6) is 0.870. The molecule has 8 heteroatoms. The second kappa shape index (κ2) is 10.0. The van der Waals surface area contributed by atoms with Crippen LogP contribution >= 0.6 is 0 Å². The summed E-state index contributed by atoms with van der Waals surface area (Å²) in [6.45, 7) is 7.56. The normalized spacial score (nSPS) is 12.5. The smallest absolute Gasteiger partial charge is 0.252 e. The maximum absolute atomic E-state index is 13.0. The summed E-state index contributed by atoms with van der Waals surface area (Å²) in [5.41, 5.74) is 1.86. The molecule has 3 rings (SSSR count). The van der Waals surface area contributed by atoms with Crippen molar-refractivity contribution in [1.82, 2.24) is 10.0 Å². The molecule has 0 bridgehead atoms. The fraction of sp³-hybridized carbons (Fsp3) is 0.292. The first-order valence-electron chi connectivity index (χ1n) is 10.4. The number of nitrogens with one attached hydrogen (secondary N) is 2. The van der Waals surface area contributed by atoms with E-state index in [2.05, 4.69) is 10.0 Å². The van der Waals surface area contributed by atoms with Crippen LogP contribution in [0.1, 0.15) is 54.1 Å². The van der Waals surface area contributed by atoms with E-state index in [1.165, 1.54) is 18.4 Å². The first-order valence-corrected chi connectivity index (χ1v) is 11.8. The fourth-order valence-electron chi connectivity index (χ4n) is 3.16. The monoisotopic (exact) mass is 456 g/mol. The lowest BCUT2D eigenvalue weighted by Crippen LogP contribution is -2.28. The van der Waals surface area contributed by atoms with E-state index in [1.807, 2.05) is 45.0 Å². The van der Waals surface area contributed by atoms with Crippen LogP contribution < -0.4 is 14.8 Å². The number of carbonyl (C=O) groups is 1. The number of sulfonamides is 1. The number of furan rings is 1. The molecular weight excluding hydrogens is 428 g/mol. The summed E-state index contributed by atoms with van der Waals surface area (Å²) in [7, 11) is -3.81. The number of rotatable bonds is 9. The molecule has 32 heavy (non-hydrogen) atoms. The summed E-state index contributed by atoms with van der Waals surface area (Å²) in [4.78, 5) is 13.0. The van der Waals surface area contributed by atoms with E-state index < -0.39 is 10.0 Å². The number of carbonyl (C=O) groups excluding carboxylic acids is 1. The Morgan fingerprint density at radius 3 is 2.53 bits per heavy atom. The molecule has 1 aromatic heterocycles. The summed E-state index contributed by atoms with van der Waals surface area (Å²) < 4.78 is 38.7. The average molecular weight is 457 g/mol. The number of amides is 1. The molecule has 1 unspecified atom stereocenters. The van der Waals surface area contributed by atoms with Gasteiger partial charge in [0, 0.05) is 5.56 Å². The summed E-state index contributed by atoms with van der Waals surface area (Å²) in [5, 5.41) is 2.94. The standard InChI is InChI=1S/C24H28N2O5S/c1-16(2)31-20-8-5-7-19(13-20)18(4)26-24(27)23-14-22(11-10-17(23)3)32(28,29)25-15-21-9-6-12-30-21/h5-14,16,18,25H,15H2,1-4H3,(H,26,27). The van der Waals surface area contributed by atoms with Crippen molar-refractivity contribution in [1.29, 1.82) is 0 Å². The number of benzene rings is 2. The molecule has 0 saturated heterocycles. The molecule has 0 aliphatic rings. The Balaban J connectivity index is 1.75. The molecule has 7 nitrogen and oxygen atoms in total. The Morgan fingerprint density at radius 1 is 1.06 bits per heavy atom. The van der Waals surface area contributed by atoms with E-state index in [0.29, 0.717) is 16.9 Å². The van der Waals surface area contributed by atoms with Crippen LogP contribution in [0.2, 0.25) is 0 Å². The highest BCUT2D eigenvalue weighted by molar-refractivity contribution is 7.89. The van der Waals surface area contributed by atoms with Gasteiger partial charge >= 0.3 is 0 Å². The zero-order valence-corrected chi connectivity index (χ0v) is 19.4. The van der Waals surface area contributed by atoms with Crippen LogP contribution in [-0.2, 0) is 16.6 Å². The molecule has 1 heterocycles. The zero-order chi connectivity index (χ0) is 23.3. The molecule has 0 aliphatic carbocycles. The first-order chi connectivity index (χ1) is 15.2. The van der Waals surface area contributed by atoms with Gasteiger partial charge in [-0.1, -0.05) is 18.2 Å². The van der Waals surface area contributed by atoms with Gasteiger partial charge in [-0.15, -0.1) is 0 Å². The minimum Gasteiger partial charge on any atom is -0.491 e. The Hall–Kier alpha value is -3.10. The van der Waals surface area contributed by atoms with Crippen LogP contribution in [0.3, 0.4) is 0 Å². The molecule has 1 amide bonds. The summed E-state index contributed by atoms with van der Waals surface area (Å²) >= 11 is 0. The first kappa shape index (κ1) is 23.6. The lowest BCUT2D eigenvalue weighted by Gasteiger charge is -2.18. The van der Waals surface area contributed by atoms with E-state index >= 15 is 0 Å². The largest absolute Gasteiger partial charge is 0.491 e. The highest BCUT2D eigenvalue weighted by Gasteiger charge is 2.20. The van der Waals surface area contributed by atoms with Gasteiger partial charge in [0.1, 0.15) is 11.5 Å². The molecule has 0 spiro atoms. The van der Waals surface area contributed by atoms with Gasteiger partial charge in [0.15, 0.2) is 0 Å². The van der Waals surface area contributed by atoms with E-state index in [0.717, 1.165) is 11.3 Å². The molecule has 3 aromatic rings. The van der Waals surface area contributed by atoms with Crippen LogP contribution in [0.4, 0.5) is 0 Å². The molecule has 0 radical (unpaired) electrons. The average Bonchev–Trinajstić information content (AvgIpc) is 3.26. The topological polar surface area (TPSA) is 97.6 Å². The summed E-state index contributed by atoms with van der Waals surface area (Å²) in [6, 6.07) is 15.1. The maximum Gasteiger partial charge on any atom is 0.252 e. The van der Waals surface area contributed by atoms with Crippen molar-refractivity contribution in [3.8, 4) is 5.75 Å². The number of aryl methyl sites for hydroxylation is 1. The number of hydrogen-bond donors (Lipinski definition) is 2. The lowest BCUT2D eigenvalue weighted by atomic mass is 10.1. The Bertz CT molecular complexity index is 1170. The van der Waals surface area contributed by atoms with Gasteiger partial charge in [0.2, 0.25) is 10.0 Å². The zero-order valence-electron chi connectivity index (χ0n) is 18.6. The van der Waals surface area contributed by atoms with Crippen LogP contribution in [-0.4, -0.2) is 20.4 Å². The quantitative estimate of drug-likeness (QED) is 0.499. The molecule has 1 atom stereocenters. The highest BCUT2D eigenvalue weighted by Crippen LogP contribution is 2.22. The third-order valence-electron chi connectivity index (χ3n) is 4.86. The third kappa shape index (κ3) is 5.99. The lowest BCUT2D eigenvalue weighted by molar-refractivity contribution is 0.0939. The molecular formula is C24H28N2O5S. The van der Waals surface area contributed by atoms with Crippen molar-refractivity contribution in [2.45, 2.75) is 51.3 Å². The van der Waals surface area contributed by atoms with E-state index in [1.54, 1.807) is 25.1 Å². The summed E-state index contributed by atoms with van der Waals surface area (Å²) in [6.07, 6.45) is 1.52. The van der Waals surface area contributed by atoms with Gasteiger partial charge in [-0.2, -0.15) is 0 Å². The van der Waals surface area contributed by atoms with Crippen molar-refractivity contribution < 1.29 is 22.4 Å². The van der Waals surface area contributed by atoms with Crippen molar-refractivity contribution in [3.63, 3.8) is 0 Å². The minimum atomic E-state index is -3.81. The van der Waals surface area contributed by atoms with Crippen LogP contribution in [0.25, 0.3) is 0 Å². The van der Waals surface area contributed by atoms with Crippen LogP contribution in [0.5, 0.6) is 5.75 Å². The Labute approximate surface area is 188 Å². The third-order valence-corrected chi connectivity index (χ3v) is 6.26. The van der Waals surface area contributed by atoms with Gasteiger partial charge in [-0.25, -0.2) is 13.1 Å². The molecule has 0 aliphatic heterocycles. The van der Waals surface area contributed by atoms with Crippen molar-refractivity contribution in [2.24, 2.45) is 0 Å². The van der Waals surface area contributed by atoms with Gasteiger partial charge in [-0.05, 0) is 75.2 Å². The second-order valence-corrected chi connectivity index (χ2v) is 9.58. The highest BCUT2D eigenvalue weighted by atomic mass is 32.2. The minimum absolute atomic E-state index is 0.0137. The van der Waals surface area contributed by atoms with Gasteiger partial charge in [0.05, 0.1) is 29.8 Å². The van der Waals surface area contributed by atoms with Crippen molar-refractivity contribution >= 4 is 15.9 Å². The van der Waals surface area contributed by atoms with Gasteiger partial charge < -0.3 is 14.5 Å². The van der Waals surface area contributed by atoms with E-state index in [4.69, 9.17) is 9.15 Å². The second-order valence-electron chi connectivity index (χ2n) is 7.81. The predicted octanol–water partition coefficient (Wildman–Crippen LogP) is 4.34. The van der Waals surface area contributed by atoms with Gasteiger partial charge in [0.25, 0.3) is 5.91 Å². The van der Waals surface area contributed by atoms with Crippen molar-refractivity contribution in [2.75, 3.05) is 0 Å². The molecule has 2 N–H and O–H groups in total. The number of ether oxygens (including phenoxy) is 1. The Kier molecular flexibility index (Phi) is 7.37. The predicted molar refractivity (Wildman–Crippen MR) is 122 cm³/mol. The molecule has 0 saturated carbocycles.